The highest BCUT2D eigenvalue weighted by atomic mass is 16.5. The van der Waals surface area contributed by atoms with Gasteiger partial charge in [-0.1, -0.05) is 123 Å². The Morgan fingerprint density at radius 3 is 1.45 bits per heavy atom. The number of aliphatic hydroxyl groups excluding tert-OH is 1. The van der Waals surface area contributed by atoms with E-state index in [-0.39, 0.29) is 6.61 Å². The smallest absolute Gasteiger partial charge is 0.130 e. The summed E-state index contributed by atoms with van der Waals surface area (Å²) in [4.78, 5) is 9.50. The molecule has 0 aromatic heterocycles. The second-order valence-corrected chi connectivity index (χ2v) is 13.1. The van der Waals surface area contributed by atoms with Crippen molar-refractivity contribution in [1.29, 1.82) is 0 Å². The van der Waals surface area contributed by atoms with E-state index < -0.39 is 5.41 Å². The zero-order chi connectivity index (χ0) is 35.8. The average Bonchev–Trinajstić information content (AvgIpc) is 3.16. The van der Waals surface area contributed by atoms with E-state index in [2.05, 4.69) is 88.0 Å². The van der Waals surface area contributed by atoms with Crippen molar-refractivity contribution in [3.8, 4) is 5.75 Å². The normalized spacial score (nSPS) is 10.9. The summed E-state index contributed by atoms with van der Waals surface area (Å²) in [5.41, 5.74) is 11.7. The fraction of sp³-hybridized carbons (Fsp3) is 0.149. The van der Waals surface area contributed by atoms with Crippen LogP contribution in [0.4, 0.5) is 11.4 Å². The Morgan fingerprint density at radius 1 is 0.588 bits per heavy atom. The number of benzene rings is 6. The summed E-state index contributed by atoms with van der Waals surface area (Å²) in [6.45, 7) is 8.52. The molecule has 0 fully saturated rings. The predicted molar refractivity (Wildman–Crippen MR) is 212 cm³/mol. The maximum Gasteiger partial charge on any atom is 0.130 e. The molecular weight excluding hydrogens is 625 g/mol. The minimum Gasteiger partial charge on any atom is -0.496 e. The third-order valence-corrected chi connectivity index (χ3v) is 9.32. The Kier molecular flexibility index (Phi) is 10.7. The average molecular weight is 667 g/mol. The molecule has 0 bridgehead atoms. The molecule has 6 rings (SSSR count). The van der Waals surface area contributed by atoms with E-state index in [1.54, 1.807) is 7.11 Å². The summed E-state index contributed by atoms with van der Waals surface area (Å²) in [7, 11) is 1.71. The van der Waals surface area contributed by atoms with Crippen LogP contribution in [0.25, 0.3) is 11.1 Å². The van der Waals surface area contributed by atoms with Crippen LogP contribution >= 0.6 is 0 Å². The molecule has 0 spiro atoms. The van der Waals surface area contributed by atoms with Gasteiger partial charge in [-0.25, -0.2) is 9.98 Å². The predicted octanol–water partition coefficient (Wildman–Crippen LogP) is 11.0. The molecule has 0 atom stereocenters. The summed E-state index contributed by atoms with van der Waals surface area (Å²) in [5.74, 6) is 7.55. The summed E-state index contributed by atoms with van der Waals surface area (Å²) in [6.07, 6.45) is 0. The van der Waals surface area contributed by atoms with Crippen LogP contribution in [0, 0.1) is 13.8 Å². The Morgan fingerprint density at radius 2 is 1.00 bits per heavy atom. The van der Waals surface area contributed by atoms with E-state index in [4.69, 9.17) is 14.7 Å². The zero-order valence-electron chi connectivity index (χ0n) is 29.8. The SMILES string of the molecule is COc1c(C)cc(C(C)(C)c2cc(C)c(CO)c(C(=C=Nc3ccccc3)c3ccccc3)c2)cc1C(=C=Nc1ccccc1)c1ccccc1. The highest BCUT2D eigenvalue weighted by molar-refractivity contribution is 6.02. The van der Waals surface area contributed by atoms with Crippen molar-refractivity contribution >= 4 is 34.3 Å². The molecule has 4 nitrogen and oxygen atoms in total. The Hall–Kier alpha value is -6.02. The fourth-order valence-electron chi connectivity index (χ4n) is 6.39. The zero-order valence-corrected chi connectivity index (χ0v) is 29.8. The molecule has 1 N–H and O–H groups in total. The highest BCUT2D eigenvalue weighted by Gasteiger charge is 2.28. The number of aryl methyl sites for hydroxylation is 2. The number of nitrogens with zero attached hydrogens (tertiary/aromatic N) is 2. The number of para-hydroxylation sites is 2. The van der Waals surface area contributed by atoms with E-state index in [1.807, 2.05) is 97.1 Å². The number of aliphatic imine (C=N–C) groups is 2. The molecule has 0 aliphatic rings. The number of methoxy groups -OCH3 is 1. The maximum atomic E-state index is 10.7. The second kappa shape index (κ2) is 15.7. The third-order valence-electron chi connectivity index (χ3n) is 9.32. The van der Waals surface area contributed by atoms with Crippen LogP contribution in [-0.4, -0.2) is 24.0 Å². The molecule has 6 aromatic rings. The molecule has 252 valence electrons. The number of ether oxygens (including phenoxy) is 1. The van der Waals surface area contributed by atoms with E-state index in [1.165, 1.54) is 0 Å². The number of hydrogen-bond acceptors (Lipinski definition) is 4. The lowest BCUT2D eigenvalue weighted by Crippen LogP contribution is -2.21. The van der Waals surface area contributed by atoms with Gasteiger partial charge in [-0.15, -0.1) is 0 Å². The van der Waals surface area contributed by atoms with E-state index in [9.17, 15) is 5.11 Å². The molecule has 0 heterocycles. The van der Waals surface area contributed by atoms with E-state index >= 15 is 0 Å². The second-order valence-electron chi connectivity index (χ2n) is 13.1. The molecule has 6 aromatic carbocycles. The first kappa shape index (κ1) is 34.8. The van der Waals surface area contributed by atoms with Gasteiger partial charge in [0.1, 0.15) is 5.75 Å². The monoisotopic (exact) mass is 666 g/mol. The molecule has 4 heteroatoms. The van der Waals surface area contributed by atoms with Crippen LogP contribution in [0.15, 0.2) is 156 Å². The van der Waals surface area contributed by atoms with Crippen LogP contribution in [0.3, 0.4) is 0 Å². The summed E-state index contributed by atoms with van der Waals surface area (Å²) in [5, 5.41) is 10.7. The Labute approximate surface area is 301 Å². The summed E-state index contributed by atoms with van der Waals surface area (Å²) < 4.78 is 6.06. The van der Waals surface area contributed by atoms with Crippen LogP contribution in [0.5, 0.6) is 5.75 Å². The van der Waals surface area contributed by atoms with Gasteiger partial charge < -0.3 is 9.84 Å². The Balaban J connectivity index is 1.56. The molecule has 51 heavy (non-hydrogen) atoms. The molecule has 0 unspecified atom stereocenters. The lowest BCUT2D eigenvalue weighted by atomic mass is 9.74. The highest BCUT2D eigenvalue weighted by Crippen LogP contribution is 2.41. The molecule has 0 aliphatic heterocycles. The first-order valence-electron chi connectivity index (χ1n) is 17.1. The topological polar surface area (TPSA) is 54.2 Å². The first-order valence-corrected chi connectivity index (χ1v) is 17.1. The third kappa shape index (κ3) is 7.75. The van der Waals surface area contributed by atoms with Crippen molar-refractivity contribution in [2.24, 2.45) is 9.98 Å². The summed E-state index contributed by atoms with van der Waals surface area (Å²) in [6, 6.07) is 48.8. The standard InChI is InChI=1S/C47H42N2O2/c1-33-26-37(28-41(45(33)32-50)43(35-18-10-6-11-19-35)30-48-39-22-14-8-15-23-39)47(3,4)38-27-34(2)46(51-5)42(29-38)44(36-20-12-7-13-21-36)31-49-40-24-16-9-17-25-40/h6-29,50H,32H2,1-5H3. The largest absolute Gasteiger partial charge is 0.496 e. The molecule has 0 amide bonds. The van der Waals surface area contributed by atoms with Gasteiger partial charge >= 0.3 is 0 Å². The van der Waals surface area contributed by atoms with Gasteiger partial charge in [-0.3, -0.25) is 0 Å². The quantitative estimate of drug-likeness (QED) is 0.148. The molecular formula is C47H42N2O2. The number of hydrogen-bond donors (Lipinski definition) is 1. The maximum absolute atomic E-state index is 10.7. The number of rotatable bonds is 10. The van der Waals surface area contributed by atoms with E-state index in [0.29, 0.717) is 0 Å². The van der Waals surface area contributed by atoms with Crippen LogP contribution < -0.4 is 4.74 Å². The van der Waals surface area contributed by atoms with Crippen LogP contribution in [-0.2, 0) is 12.0 Å². The minimum absolute atomic E-state index is 0.108. The first-order chi connectivity index (χ1) is 24.8. The van der Waals surface area contributed by atoms with Gasteiger partial charge in [0, 0.05) is 11.0 Å². The van der Waals surface area contributed by atoms with E-state index in [0.717, 1.165) is 78.3 Å². The van der Waals surface area contributed by atoms with Crippen molar-refractivity contribution in [2.45, 2.75) is 39.7 Å². The minimum atomic E-state index is -0.462. The van der Waals surface area contributed by atoms with Gasteiger partial charge in [-0.05, 0) is 106 Å². The Bertz CT molecular complexity index is 2100. The van der Waals surface area contributed by atoms with Gasteiger partial charge in [-0.2, -0.15) is 0 Å². The van der Waals surface area contributed by atoms with Gasteiger partial charge in [0.25, 0.3) is 0 Å². The summed E-state index contributed by atoms with van der Waals surface area (Å²) >= 11 is 0. The van der Waals surface area contributed by atoms with Crippen LogP contribution in [0.2, 0.25) is 0 Å². The van der Waals surface area contributed by atoms with Crippen LogP contribution in [0.1, 0.15) is 63.9 Å². The fourth-order valence-corrected chi connectivity index (χ4v) is 6.39. The lowest BCUT2D eigenvalue weighted by Gasteiger charge is -2.30. The molecule has 0 saturated heterocycles. The van der Waals surface area contributed by atoms with Crippen molar-refractivity contribution in [3.05, 3.63) is 196 Å². The molecule has 0 radical (unpaired) electrons. The molecule has 0 saturated carbocycles. The van der Waals surface area contributed by atoms with Gasteiger partial charge in [0.2, 0.25) is 0 Å². The lowest BCUT2D eigenvalue weighted by molar-refractivity contribution is 0.280. The van der Waals surface area contributed by atoms with Crippen molar-refractivity contribution in [3.63, 3.8) is 0 Å². The van der Waals surface area contributed by atoms with Gasteiger partial charge in [0.15, 0.2) is 0 Å². The number of aliphatic hydroxyl groups is 1. The van der Waals surface area contributed by atoms with Crippen molar-refractivity contribution < 1.29 is 9.84 Å². The molecule has 0 aliphatic carbocycles. The van der Waals surface area contributed by atoms with Crippen molar-refractivity contribution in [1.82, 2.24) is 0 Å². The van der Waals surface area contributed by atoms with Gasteiger partial charge in [0.05, 0.1) is 36.2 Å². The van der Waals surface area contributed by atoms with Crippen molar-refractivity contribution in [2.75, 3.05) is 7.11 Å².